The molecule has 1 aromatic heterocycles. The van der Waals surface area contributed by atoms with Gasteiger partial charge in [0.2, 0.25) is 5.43 Å². The first-order chi connectivity index (χ1) is 18.9. The van der Waals surface area contributed by atoms with Gasteiger partial charge in [0.25, 0.3) is 5.91 Å². The number of carbonyl (C=O) groups excluding carboxylic acids is 2. The molecule has 1 atom stereocenters. The van der Waals surface area contributed by atoms with Gasteiger partial charge in [0.1, 0.15) is 5.56 Å². The Bertz CT molecular complexity index is 1410. The zero-order valence-electron chi connectivity index (χ0n) is 23.1. The van der Waals surface area contributed by atoms with Gasteiger partial charge in [0.15, 0.2) is 11.4 Å². The third kappa shape index (κ3) is 4.75. The number of esters is 1. The molecular weight excluding hydrogens is 492 g/mol. The number of aromatic nitrogens is 1. The highest BCUT2D eigenvalue weighted by Gasteiger charge is 2.42. The van der Waals surface area contributed by atoms with Crippen LogP contribution in [0.3, 0.4) is 0 Å². The second-order valence-corrected chi connectivity index (χ2v) is 10.6. The van der Waals surface area contributed by atoms with Gasteiger partial charge >= 0.3 is 5.97 Å². The highest BCUT2D eigenvalue weighted by molar-refractivity contribution is 5.98. The van der Waals surface area contributed by atoms with Crippen LogP contribution in [-0.2, 0) is 17.6 Å². The molecule has 2 heterocycles. The van der Waals surface area contributed by atoms with Gasteiger partial charge in [-0.15, -0.1) is 0 Å². The highest BCUT2D eigenvalue weighted by atomic mass is 16.5. The normalized spacial score (nSPS) is 16.8. The molecular formula is C32H36N2O5. The standard InChI is InChI=1S/C32H36N2O5/c1-5-6-17-39-30-28-31(36)33(20(2)3)19-26(34(28)18-25(29(30)35)32(37)38-4)27-23-13-9-7-11-21(23)15-16-22-12-8-10-14-24(22)27/h7-14,18,20,26-27H,5-6,15-17,19H2,1-4H3/t26-/m1/s1. The van der Waals surface area contributed by atoms with E-state index in [0.717, 1.165) is 25.7 Å². The number of pyridine rings is 1. The van der Waals surface area contributed by atoms with Crippen molar-refractivity contribution < 1.29 is 19.1 Å². The van der Waals surface area contributed by atoms with Crippen molar-refractivity contribution in [2.45, 2.75) is 64.5 Å². The number of amides is 1. The minimum atomic E-state index is -0.741. The smallest absolute Gasteiger partial charge is 0.343 e. The maximum absolute atomic E-state index is 14.0. The summed E-state index contributed by atoms with van der Waals surface area (Å²) in [5.41, 5.74) is 4.39. The number of aryl methyl sites for hydroxylation is 2. The molecule has 1 amide bonds. The Morgan fingerprint density at radius 2 is 1.62 bits per heavy atom. The average Bonchev–Trinajstić information content (AvgIpc) is 3.11. The largest absolute Gasteiger partial charge is 0.487 e. The van der Waals surface area contributed by atoms with Crippen molar-refractivity contribution in [3.05, 3.63) is 98.5 Å². The minimum Gasteiger partial charge on any atom is -0.487 e. The molecule has 2 aliphatic rings. The summed E-state index contributed by atoms with van der Waals surface area (Å²) in [5, 5.41) is 0. The summed E-state index contributed by atoms with van der Waals surface area (Å²) in [4.78, 5) is 42.2. The van der Waals surface area contributed by atoms with Crippen molar-refractivity contribution in [3.8, 4) is 5.75 Å². The van der Waals surface area contributed by atoms with E-state index in [2.05, 4.69) is 48.5 Å². The lowest BCUT2D eigenvalue weighted by Crippen LogP contribution is -2.49. The summed E-state index contributed by atoms with van der Waals surface area (Å²) < 4.78 is 12.8. The molecule has 7 heteroatoms. The monoisotopic (exact) mass is 528 g/mol. The fraction of sp³-hybridized carbons (Fsp3) is 0.406. The summed E-state index contributed by atoms with van der Waals surface area (Å²) in [6.07, 6.45) is 4.94. The summed E-state index contributed by atoms with van der Waals surface area (Å²) in [6, 6.07) is 16.6. The Balaban J connectivity index is 1.81. The number of methoxy groups -OCH3 is 1. The van der Waals surface area contributed by atoms with Crippen molar-refractivity contribution in [2.75, 3.05) is 20.3 Å². The van der Waals surface area contributed by atoms with Gasteiger partial charge in [0.05, 0.1) is 19.8 Å². The fourth-order valence-electron chi connectivity index (χ4n) is 5.99. The third-order valence-electron chi connectivity index (χ3n) is 8.00. The molecule has 7 nitrogen and oxygen atoms in total. The van der Waals surface area contributed by atoms with E-state index < -0.39 is 11.4 Å². The summed E-state index contributed by atoms with van der Waals surface area (Å²) in [6.45, 7) is 6.70. The average molecular weight is 529 g/mol. The van der Waals surface area contributed by atoms with Crippen molar-refractivity contribution in [2.24, 2.45) is 0 Å². The molecule has 39 heavy (non-hydrogen) atoms. The van der Waals surface area contributed by atoms with E-state index in [1.54, 1.807) is 0 Å². The number of ether oxygens (including phenoxy) is 2. The van der Waals surface area contributed by atoms with E-state index in [4.69, 9.17) is 9.47 Å². The molecule has 0 fully saturated rings. The Morgan fingerprint density at radius 1 is 1.00 bits per heavy atom. The van der Waals surface area contributed by atoms with Crippen molar-refractivity contribution in [1.29, 1.82) is 0 Å². The molecule has 0 N–H and O–H groups in total. The predicted molar refractivity (Wildman–Crippen MR) is 150 cm³/mol. The Morgan fingerprint density at radius 3 is 2.18 bits per heavy atom. The Hall–Kier alpha value is -3.87. The first-order valence-corrected chi connectivity index (χ1v) is 13.8. The Labute approximate surface area is 229 Å². The Kier molecular flexibility index (Phi) is 7.60. The maximum atomic E-state index is 14.0. The molecule has 2 aromatic carbocycles. The second-order valence-electron chi connectivity index (χ2n) is 10.6. The van der Waals surface area contributed by atoms with Gasteiger partial charge in [-0.05, 0) is 55.4 Å². The van der Waals surface area contributed by atoms with Gasteiger partial charge < -0.3 is 18.9 Å². The SMILES string of the molecule is CCCCOc1c2n(cc(C(=O)OC)c1=O)[C@@H](C1c3ccccc3CCc3ccccc31)CN(C(C)C)C2=O. The topological polar surface area (TPSA) is 77.8 Å². The van der Waals surface area contributed by atoms with Gasteiger partial charge in [-0.1, -0.05) is 61.9 Å². The molecule has 3 aromatic rings. The molecule has 0 bridgehead atoms. The molecule has 204 valence electrons. The lowest BCUT2D eigenvalue weighted by molar-refractivity contribution is 0.0561. The number of unbranched alkanes of at least 4 members (excludes halogenated alkanes) is 1. The number of benzene rings is 2. The predicted octanol–water partition coefficient (Wildman–Crippen LogP) is 5.15. The van der Waals surface area contributed by atoms with E-state index in [0.29, 0.717) is 6.54 Å². The minimum absolute atomic E-state index is 0.0677. The highest BCUT2D eigenvalue weighted by Crippen LogP contribution is 2.44. The van der Waals surface area contributed by atoms with Crippen molar-refractivity contribution >= 4 is 11.9 Å². The first-order valence-electron chi connectivity index (χ1n) is 13.8. The van der Waals surface area contributed by atoms with Crippen LogP contribution in [0.5, 0.6) is 5.75 Å². The first kappa shape index (κ1) is 26.7. The molecule has 0 unspecified atom stereocenters. The summed E-state index contributed by atoms with van der Waals surface area (Å²) >= 11 is 0. The molecule has 5 rings (SSSR count). The van der Waals surface area contributed by atoms with E-state index in [9.17, 15) is 14.4 Å². The number of fused-ring (bicyclic) bond motifs is 3. The fourth-order valence-corrected chi connectivity index (χ4v) is 5.99. The van der Waals surface area contributed by atoms with Crippen LogP contribution >= 0.6 is 0 Å². The van der Waals surface area contributed by atoms with E-state index >= 15 is 0 Å². The molecule has 0 saturated carbocycles. The quantitative estimate of drug-likeness (QED) is 0.313. The molecule has 0 spiro atoms. The number of rotatable bonds is 7. The van der Waals surface area contributed by atoms with Crippen LogP contribution in [0.15, 0.2) is 59.5 Å². The molecule has 1 aliphatic heterocycles. The van der Waals surface area contributed by atoms with Gasteiger partial charge in [-0.2, -0.15) is 0 Å². The zero-order valence-corrected chi connectivity index (χ0v) is 23.1. The van der Waals surface area contributed by atoms with Crippen LogP contribution in [0.4, 0.5) is 0 Å². The van der Waals surface area contributed by atoms with Crippen LogP contribution < -0.4 is 10.2 Å². The number of hydrogen-bond acceptors (Lipinski definition) is 5. The van der Waals surface area contributed by atoms with E-state index in [-0.39, 0.29) is 47.5 Å². The lowest BCUT2D eigenvalue weighted by atomic mass is 9.81. The van der Waals surface area contributed by atoms with Crippen LogP contribution in [0.1, 0.15) is 88.7 Å². The summed E-state index contributed by atoms with van der Waals surface area (Å²) in [7, 11) is 1.25. The van der Waals surface area contributed by atoms with Gasteiger partial charge in [-0.25, -0.2) is 4.79 Å². The molecule has 1 aliphatic carbocycles. The van der Waals surface area contributed by atoms with Crippen LogP contribution in [0, 0.1) is 0 Å². The van der Waals surface area contributed by atoms with E-state index in [1.165, 1.54) is 35.6 Å². The second kappa shape index (κ2) is 11.1. The maximum Gasteiger partial charge on any atom is 0.343 e. The molecule has 0 saturated heterocycles. The van der Waals surface area contributed by atoms with Crippen LogP contribution in [-0.4, -0.2) is 47.6 Å². The number of carbonyl (C=O) groups is 2. The lowest BCUT2D eigenvalue weighted by Gasteiger charge is -2.42. The van der Waals surface area contributed by atoms with Crippen molar-refractivity contribution in [3.63, 3.8) is 0 Å². The van der Waals surface area contributed by atoms with Gasteiger partial charge in [0, 0.05) is 24.7 Å². The third-order valence-corrected chi connectivity index (χ3v) is 8.00. The molecule has 0 radical (unpaired) electrons. The van der Waals surface area contributed by atoms with Crippen LogP contribution in [0.25, 0.3) is 0 Å². The van der Waals surface area contributed by atoms with Crippen LogP contribution in [0.2, 0.25) is 0 Å². The summed E-state index contributed by atoms with van der Waals surface area (Å²) in [5.74, 6) is -1.18. The number of nitrogens with zero attached hydrogens (tertiary/aromatic N) is 2. The van der Waals surface area contributed by atoms with Gasteiger partial charge in [-0.3, -0.25) is 9.59 Å². The zero-order chi connectivity index (χ0) is 27.7. The van der Waals surface area contributed by atoms with E-state index in [1.807, 2.05) is 30.2 Å². The van der Waals surface area contributed by atoms with Crippen molar-refractivity contribution in [1.82, 2.24) is 9.47 Å². The number of hydrogen-bond donors (Lipinski definition) is 0.